The van der Waals surface area contributed by atoms with Gasteiger partial charge in [-0.3, -0.25) is 0 Å². The van der Waals surface area contributed by atoms with Crippen molar-refractivity contribution in [3.05, 3.63) is 48.2 Å². The molecule has 2 rings (SSSR count). The molecule has 0 aliphatic heterocycles. The van der Waals surface area contributed by atoms with Gasteiger partial charge in [0.05, 0.1) is 0 Å². The number of nitrogens with zero attached hydrogens (tertiary/aromatic N) is 1. The lowest BCUT2D eigenvalue weighted by Gasteiger charge is -2.05. The third kappa shape index (κ3) is 1.93. The molecule has 1 aromatic carbocycles. The van der Waals surface area contributed by atoms with Gasteiger partial charge in [-0.05, 0) is 24.1 Å². The molecule has 0 spiro atoms. The second-order valence-electron chi connectivity index (χ2n) is 3.84. The highest BCUT2D eigenvalue weighted by Crippen LogP contribution is 2.21. The molecule has 2 heteroatoms. The highest BCUT2D eigenvalue weighted by Gasteiger charge is 2.04. The molecule has 15 heavy (non-hydrogen) atoms. The van der Waals surface area contributed by atoms with Crippen molar-refractivity contribution in [2.75, 3.05) is 5.88 Å². The lowest BCUT2D eigenvalue weighted by atomic mass is 10.2. The van der Waals surface area contributed by atoms with E-state index >= 15 is 0 Å². The Morgan fingerprint density at radius 3 is 2.87 bits per heavy atom. The molecule has 0 atom stereocenters. The van der Waals surface area contributed by atoms with E-state index in [-0.39, 0.29) is 0 Å². The molecule has 0 aliphatic rings. The van der Waals surface area contributed by atoms with Gasteiger partial charge < -0.3 is 4.57 Å². The van der Waals surface area contributed by atoms with E-state index in [0.29, 0.717) is 5.88 Å². The standard InChI is InChI=1S/C13H14ClN/c1-10(7-14)8-15-9-11(2)12-5-3-4-6-13(12)15/h3-6,9H,1,7-8H2,2H3. The maximum Gasteiger partial charge on any atom is 0.0486 e. The van der Waals surface area contributed by atoms with Crippen LogP contribution in [-0.4, -0.2) is 10.4 Å². The van der Waals surface area contributed by atoms with E-state index in [9.17, 15) is 0 Å². The summed E-state index contributed by atoms with van der Waals surface area (Å²) >= 11 is 5.75. The second-order valence-corrected chi connectivity index (χ2v) is 4.11. The monoisotopic (exact) mass is 219 g/mol. The van der Waals surface area contributed by atoms with Gasteiger partial charge in [-0.1, -0.05) is 24.8 Å². The zero-order valence-electron chi connectivity index (χ0n) is 8.83. The largest absolute Gasteiger partial charge is 0.343 e. The van der Waals surface area contributed by atoms with Crippen molar-refractivity contribution in [3.63, 3.8) is 0 Å². The van der Waals surface area contributed by atoms with Crippen molar-refractivity contribution < 1.29 is 0 Å². The fourth-order valence-electron chi connectivity index (χ4n) is 1.84. The summed E-state index contributed by atoms with van der Waals surface area (Å²) in [6.45, 7) is 6.86. The van der Waals surface area contributed by atoms with Crippen molar-refractivity contribution >= 4 is 22.5 Å². The number of hydrogen-bond donors (Lipinski definition) is 0. The average molecular weight is 220 g/mol. The molecule has 0 N–H and O–H groups in total. The van der Waals surface area contributed by atoms with E-state index in [0.717, 1.165) is 12.1 Å². The van der Waals surface area contributed by atoms with Gasteiger partial charge in [0, 0.05) is 29.5 Å². The summed E-state index contributed by atoms with van der Waals surface area (Å²) in [7, 11) is 0. The van der Waals surface area contributed by atoms with Gasteiger partial charge in [-0.15, -0.1) is 11.6 Å². The van der Waals surface area contributed by atoms with Gasteiger partial charge >= 0.3 is 0 Å². The quantitative estimate of drug-likeness (QED) is 0.548. The number of benzene rings is 1. The molecule has 0 aliphatic carbocycles. The SMILES string of the molecule is C=C(CCl)Cn1cc(C)c2ccccc21. The molecule has 0 fully saturated rings. The molecule has 1 aromatic heterocycles. The Morgan fingerprint density at radius 1 is 1.40 bits per heavy atom. The summed E-state index contributed by atoms with van der Waals surface area (Å²) in [6, 6.07) is 8.40. The number of allylic oxidation sites excluding steroid dienone is 1. The molecule has 0 unspecified atom stereocenters. The molecule has 2 aromatic rings. The number of fused-ring (bicyclic) bond motifs is 1. The smallest absolute Gasteiger partial charge is 0.0486 e. The maximum atomic E-state index is 5.75. The number of rotatable bonds is 3. The number of halogens is 1. The van der Waals surface area contributed by atoms with E-state index < -0.39 is 0 Å². The van der Waals surface area contributed by atoms with Crippen LogP contribution in [0, 0.1) is 6.92 Å². The van der Waals surface area contributed by atoms with E-state index in [2.05, 4.69) is 48.5 Å². The maximum absolute atomic E-state index is 5.75. The molecule has 0 saturated carbocycles. The first-order valence-corrected chi connectivity index (χ1v) is 5.53. The Labute approximate surface area is 95.0 Å². The van der Waals surface area contributed by atoms with Crippen LogP contribution in [-0.2, 0) is 6.54 Å². The van der Waals surface area contributed by atoms with Gasteiger partial charge in [-0.2, -0.15) is 0 Å². The van der Waals surface area contributed by atoms with Crippen molar-refractivity contribution in [2.45, 2.75) is 13.5 Å². The molecule has 78 valence electrons. The Balaban J connectivity index is 2.48. The minimum absolute atomic E-state index is 0.519. The summed E-state index contributed by atoms with van der Waals surface area (Å²) in [5.41, 5.74) is 3.59. The Hall–Kier alpha value is -1.21. The summed E-state index contributed by atoms with van der Waals surface area (Å²) in [6.07, 6.45) is 2.16. The number of hydrogen-bond acceptors (Lipinski definition) is 0. The fourth-order valence-corrected chi connectivity index (χ4v) is 1.93. The fraction of sp³-hybridized carbons (Fsp3) is 0.231. The van der Waals surface area contributed by atoms with Crippen LogP contribution in [0.5, 0.6) is 0 Å². The normalized spacial score (nSPS) is 10.8. The van der Waals surface area contributed by atoms with Crippen LogP contribution in [0.25, 0.3) is 10.9 Å². The molecule has 0 amide bonds. The highest BCUT2D eigenvalue weighted by molar-refractivity contribution is 6.19. The van der Waals surface area contributed by atoms with Gasteiger partial charge in [-0.25, -0.2) is 0 Å². The number of aromatic nitrogens is 1. The molecule has 0 saturated heterocycles. The Bertz CT molecular complexity index is 496. The van der Waals surface area contributed by atoms with Crippen LogP contribution in [0.1, 0.15) is 5.56 Å². The first-order valence-electron chi connectivity index (χ1n) is 4.99. The summed E-state index contributed by atoms with van der Waals surface area (Å²) in [5, 5.41) is 1.31. The van der Waals surface area contributed by atoms with Crippen LogP contribution < -0.4 is 0 Å². The third-order valence-electron chi connectivity index (χ3n) is 2.57. The molecular weight excluding hydrogens is 206 g/mol. The lowest BCUT2D eigenvalue weighted by Crippen LogP contribution is -1.99. The summed E-state index contributed by atoms with van der Waals surface area (Å²) < 4.78 is 2.20. The van der Waals surface area contributed by atoms with E-state index in [1.807, 2.05) is 0 Å². The van der Waals surface area contributed by atoms with Gasteiger partial charge in [0.25, 0.3) is 0 Å². The van der Waals surface area contributed by atoms with Gasteiger partial charge in [0.1, 0.15) is 0 Å². The van der Waals surface area contributed by atoms with Crippen molar-refractivity contribution in [2.24, 2.45) is 0 Å². The van der Waals surface area contributed by atoms with Crippen LogP contribution >= 0.6 is 11.6 Å². The molecule has 1 heterocycles. The Kier molecular flexibility index (Phi) is 2.83. The van der Waals surface area contributed by atoms with Crippen molar-refractivity contribution in [1.29, 1.82) is 0 Å². The molecule has 1 nitrogen and oxygen atoms in total. The first-order chi connectivity index (χ1) is 7.22. The molecule has 0 bridgehead atoms. The lowest BCUT2D eigenvalue weighted by molar-refractivity contribution is 0.821. The van der Waals surface area contributed by atoms with Gasteiger partial charge in [0.15, 0.2) is 0 Å². The van der Waals surface area contributed by atoms with Crippen LogP contribution in [0.2, 0.25) is 0 Å². The van der Waals surface area contributed by atoms with Crippen LogP contribution in [0.3, 0.4) is 0 Å². The third-order valence-corrected chi connectivity index (χ3v) is 2.95. The first kappa shape index (κ1) is 10.3. The van der Waals surface area contributed by atoms with Crippen molar-refractivity contribution in [3.8, 4) is 0 Å². The number of alkyl halides is 1. The van der Waals surface area contributed by atoms with Gasteiger partial charge in [0.2, 0.25) is 0 Å². The number of aryl methyl sites for hydroxylation is 1. The average Bonchev–Trinajstić information content (AvgIpc) is 2.57. The minimum Gasteiger partial charge on any atom is -0.343 e. The zero-order valence-corrected chi connectivity index (χ0v) is 9.59. The summed E-state index contributed by atoms with van der Waals surface area (Å²) in [4.78, 5) is 0. The Morgan fingerprint density at radius 2 is 2.13 bits per heavy atom. The van der Waals surface area contributed by atoms with Crippen LogP contribution in [0.15, 0.2) is 42.6 Å². The topological polar surface area (TPSA) is 4.93 Å². The summed E-state index contributed by atoms with van der Waals surface area (Å²) in [5.74, 6) is 0.519. The van der Waals surface area contributed by atoms with E-state index in [1.54, 1.807) is 0 Å². The predicted octanol–water partition coefficient (Wildman–Crippen LogP) is 3.74. The minimum atomic E-state index is 0.519. The van der Waals surface area contributed by atoms with Crippen LogP contribution in [0.4, 0.5) is 0 Å². The highest BCUT2D eigenvalue weighted by atomic mass is 35.5. The zero-order chi connectivity index (χ0) is 10.8. The van der Waals surface area contributed by atoms with Crippen molar-refractivity contribution in [1.82, 2.24) is 4.57 Å². The second kappa shape index (κ2) is 4.11. The molecule has 0 radical (unpaired) electrons. The molecular formula is C13H14ClN. The predicted molar refractivity (Wildman–Crippen MR) is 66.5 cm³/mol. The van der Waals surface area contributed by atoms with E-state index in [4.69, 9.17) is 11.6 Å². The number of para-hydroxylation sites is 1. The van der Waals surface area contributed by atoms with E-state index in [1.165, 1.54) is 16.5 Å².